The molecule has 0 amide bonds. The van der Waals surface area contributed by atoms with E-state index in [1.54, 1.807) is 12.1 Å². The predicted octanol–water partition coefficient (Wildman–Crippen LogP) is 5.26. The van der Waals surface area contributed by atoms with Crippen LogP contribution in [-0.4, -0.2) is 30.1 Å². The molecule has 8 heteroatoms. The fraction of sp³-hybridized carbons (Fsp3) is 0.407. The van der Waals surface area contributed by atoms with Crippen molar-refractivity contribution in [3.63, 3.8) is 0 Å². The highest BCUT2D eigenvalue weighted by atomic mass is 19.1. The molecule has 0 fully saturated rings. The van der Waals surface area contributed by atoms with E-state index in [4.69, 9.17) is 0 Å². The fourth-order valence-corrected chi connectivity index (χ4v) is 4.39. The number of aromatic amines is 1. The number of aryl methyl sites for hydroxylation is 1. The monoisotopic (exact) mass is 476 g/mol. The van der Waals surface area contributed by atoms with Crippen LogP contribution in [0, 0.1) is 12.7 Å². The number of pyridine rings is 1. The summed E-state index contributed by atoms with van der Waals surface area (Å²) >= 11 is 0. The molecule has 1 atom stereocenters. The van der Waals surface area contributed by atoms with Gasteiger partial charge < -0.3 is 4.98 Å². The Morgan fingerprint density at radius 3 is 2.51 bits per heavy atom. The van der Waals surface area contributed by atoms with Crippen LogP contribution in [0.3, 0.4) is 0 Å². The number of rotatable bonds is 9. The zero-order valence-corrected chi connectivity index (χ0v) is 21.0. The fourth-order valence-electron chi connectivity index (χ4n) is 4.39. The first-order valence-corrected chi connectivity index (χ1v) is 12.1. The van der Waals surface area contributed by atoms with Gasteiger partial charge in [0.1, 0.15) is 5.82 Å². The standard InChI is InChI=1S/C27H33FN6O/c1-6-24(25-30-31-32-34(25)27(4,5)7-2)33(16-19-9-11-22(28)12-10-19)17-21-15-20-14-18(3)8-13-23(20)29-26(21)35/h8-15,24H,6-7,16-17H2,1-5H3,(H,29,35). The summed E-state index contributed by atoms with van der Waals surface area (Å²) in [4.78, 5) is 18.3. The molecule has 7 nitrogen and oxygen atoms in total. The Kier molecular flexibility index (Phi) is 7.12. The van der Waals surface area contributed by atoms with Crippen molar-refractivity contribution in [1.29, 1.82) is 0 Å². The molecule has 0 saturated heterocycles. The maximum atomic E-state index is 13.6. The van der Waals surface area contributed by atoms with Crippen LogP contribution in [0.4, 0.5) is 4.39 Å². The highest BCUT2D eigenvalue weighted by molar-refractivity contribution is 5.79. The number of nitrogens with one attached hydrogen (secondary N) is 1. The molecule has 0 aliphatic heterocycles. The maximum absolute atomic E-state index is 13.6. The van der Waals surface area contributed by atoms with Crippen molar-refractivity contribution in [3.05, 3.63) is 87.2 Å². The van der Waals surface area contributed by atoms with Gasteiger partial charge in [0.05, 0.1) is 11.6 Å². The Labute approximate surface area is 205 Å². The Bertz CT molecular complexity index is 1360. The molecule has 1 N–H and O–H groups in total. The van der Waals surface area contributed by atoms with Crippen LogP contribution >= 0.6 is 0 Å². The maximum Gasteiger partial charge on any atom is 0.252 e. The molecule has 4 rings (SSSR count). The minimum Gasteiger partial charge on any atom is -0.322 e. The molecule has 0 radical (unpaired) electrons. The Balaban J connectivity index is 1.78. The van der Waals surface area contributed by atoms with Crippen molar-refractivity contribution in [1.82, 2.24) is 30.1 Å². The number of nitrogens with zero attached hydrogens (tertiary/aromatic N) is 5. The first-order chi connectivity index (χ1) is 16.7. The SMILES string of the molecule is CCC(c1nnnn1C(C)(C)CC)N(Cc1ccc(F)cc1)Cc1cc2cc(C)ccc2[nH]c1=O. The second-order valence-electron chi connectivity index (χ2n) is 9.78. The summed E-state index contributed by atoms with van der Waals surface area (Å²) in [6.07, 6.45) is 1.61. The van der Waals surface area contributed by atoms with Gasteiger partial charge in [0.2, 0.25) is 0 Å². The summed E-state index contributed by atoms with van der Waals surface area (Å²) in [7, 11) is 0. The van der Waals surface area contributed by atoms with E-state index in [1.807, 2.05) is 29.8 Å². The number of tetrazole rings is 1. The number of H-pyrrole nitrogens is 1. The minimum absolute atomic E-state index is 0.117. The van der Waals surface area contributed by atoms with E-state index in [1.165, 1.54) is 12.1 Å². The number of aromatic nitrogens is 5. The van der Waals surface area contributed by atoms with Crippen LogP contribution in [0.15, 0.2) is 53.3 Å². The van der Waals surface area contributed by atoms with Crippen LogP contribution in [-0.2, 0) is 18.6 Å². The van der Waals surface area contributed by atoms with Crippen LogP contribution in [0.25, 0.3) is 10.9 Å². The van der Waals surface area contributed by atoms with Crippen LogP contribution in [0.5, 0.6) is 0 Å². The van der Waals surface area contributed by atoms with Crippen molar-refractivity contribution in [3.8, 4) is 0 Å². The van der Waals surface area contributed by atoms with Gasteiger partial charge in [0.15, 0.2) is 5.82 Å². The largest absolute Gasteiger partial charge is 0.322 e. The van der Waals surface area contributed by atoms with Gasteiger partial charge in [0, 0.05) is 24.2 Å². The van der Waals surface area contributed by atoms with Crippen molar-refractivity contribution in [2.24, 2.45) is 0 Å². The number of halogens is 1. The van der Waals surface area contributed by atoms with E-state index in [-0.39, 0.29) is 23.0 Å². The Morgan fingerprint density at radius 1 is 1.09 bits per heavy atom. The average Bonchev–Trinajstić information content (AvgIpc) is 3.32. The zero-order chi connectivity index (χ0) is 25.2. The van der Waals surface area contributed by atoms with E-state index in [0.717, 1.165) is 40.7 Å². The summed E-state index contributed by atoms with van der Waals surface area (Å²) in [5.41, 5.74) is 3.19. The van der Waals surface area contributed by atoms with Gasteiger partial charge in [-0.15, -0.1) is 5.10 Å². The van der Waals surface area contributed by atoms with Gasteiger partial charge in [-0.1, -0.05) is 37.6 Å². The summed E-state index contributed by atoms with van der Waals surface area (Å²) in [6.45, 7) is 11.4. The van der Waals surface area contributed by atoms with Crippen molar-refractivity contribution in [2.45, 2.75) is 72.1 Å². The second kappa shape index (κ2) is 10.1. The third-order valence-electron chi connectivity index (χ3n) is 6.81. The van der Waals surface area contributed by atoms with Gasteiger partial charge in [0.25, 0.3) is 5.56 Å². The van der Waals surface area contributed by atoms with Crippen molar-refractivity contribution in [2.75, 3.05) is 0 Å². The quantitative estimate of drug-likeness (QED) is 0.356. The molecule has 2 aromatic carbocycles. The second-order valence-corrected chi connectivity index (χ2v) is 9.78. The van der Waals surface area contributed by atoms with Crippen molar-refractivity contribution >= 4 is 10.9 Å². The van der Waals surface area contributed by atoms with Crippen LogP contribution < -0.4 is 5.56 Å². The molecule has 1 unspecified atom stereocenters. The van der Waals surface area contributed by atoms with Gasteiger partial charge in [-0.25, -0.2) is 9.07 Å². The van der Waals surface area contributed by atoms with Gasteiger partial charge in [-0.2, -0.15) is 0 Å². The topological polar surface area (TPSA) is 79.7 Å². The molecule has 2 aromatic heterocycles. The third kappa shape index (κ3) is 5.32. The summed E-state index contributed by atoms with van der Waals surface area (Å²) in [6, 6.07) is 14.3. The molecule has 0 spiro atoms. The van der Waals surface area contributed by atoms with E-state index in [2.05, 4.69) is 59.2 Å². The van der Waals surface area contributed by atoms with E-state index in [9.17, 15) is 9.18 Å². The molecule has 184 valence electrons. The molecule has 2 heterocycles. The number of fused-ring (bicyclic) bond motifs is 1. The Hall–Kier alpha value is -3.39. The molecule has 0 saturated carbocycles. The number of hydrogen-bond acceptors (Lipinski definition) is 5. The highest BCUT2D eigenvalue weighted by Crippen LogP contribution is 2.30. The smallest absolute Gasteiger partial charge is 0.252 e. The average molecular weight is 477 g/mol. The normalized spacial score (nSPS) is 13.0. The molecule has 4 aromatic rings. The molecule has 0 bridgehead atoms. The van der Waals surface area contributed by atoms with Crippen molar-refractivity contribution < 1.29 is 4.39 Å². The van der Waals surface area contributed by atoms with Crippen LogP contribution in [0.1, 0.15) is 69.1 Å². The lowest BCUT2D eigenvalue weighted by molar-refractivity contribution is 0.150. The summed E-state index contributed by atoms with van der Waals surface area (Å²) in [5, 5.41) is 13.7. The Morgan fingerprint density at radius 2 is 1.83 bits per heavy atom. The molecule has 0 aliphatic rings. The van der Waals surface area contributed by atoms with Crippen LogP contribution in [0.2, 0.25) is 0 Å². The predicted molar refractivity (Wildman–Crippen MR) is 135 cm³/mol. The highest BCUT2D eigenvalue weighted by Gasteiger charge is 2.31. The summed E-state index contributed by atoms with van der Waals surface area (Å²) in [5.74, 6) is 0.483. The minimum atomic E-state index is -0.276. The lowest BCUT2D eigenvalue weighted by atomic mass is 10.0. The number of benzene rings is 2. The van der Waals surface area contributed by atoms with E-state index in [0.29, 0.717) is 18.7 Å². The van der Waals surface area contributed by atoms with E-state index < -0.39 is 0 Å². The van der Waals surface area contributed by atoms with E-state index >= 15 is 0 Å². The molecular weight excluding hydrogens is 443 g/mol. The molecule has 0 aliphatic carbocycles. The number of hydrogen-bond donors (Lipinski definition) is 1. The van der Waals surface area contributed by atoms with Gasteiger partial charge >= 0.3 is 0 Å². The molecule has 35 heavy (non-hydrogen) atoms. The lowest BCUT2D eigenvalue weighted by Gasteiger charge is -2.33. The lowest BCUT2D eigenvalue weighted by Crippen LogP contribution is -2.36. The molecular formula is C27H33FN6O. The third-order valence-corrected chi connectivity index (χ3v) is 6.81. The van der Waals surface area contributed by atoms with Gasteiger partial charge in [-0.3, -0.25) is 9.69 Å². The first-order valence-electron chi connectivity index (χ1n) is 12.1. The van der Waals surface area contributed by atoms with Gasteiger partial charge in [-0.05, 0) is 85.3 Å². The summed E-state index contributed by atoms with van der Waals surface area (Å²) < 4.78 is 15.5. The first kappa shape index (κ1) is 24.7. The zero-order valence-electron chi connectivity index (χ0n) is 21.0.